The highest BCUT2D eigenvalue weighted by Crippen LogP contribution is 2.25. The van der Waals surface area contributed by atoms with Gasteiger partial charge in [-0.15, -0.1) is 0 Å². The summed E-state index contributed by atoms with van der Waals surface area (Å²) in [5, 5.41) is 0. The molecule has 1 atom stereocenters. The number of benzene rings is 2. The number of hydrogen-bond donors (Lipinski definition) is 0. The predicted octanol–water partition coefficient (Wildman–Crippen LogP) is 3.32. The van der Waals surface area contributed by atoms with E-state index in [0.717, 1.165) is 5.56 Å². The molecule has 0 N–H and O–H groups in total. The van der Waals surface area contributed by atoms with Crippen LogP contribution in [0.15, 0.2) is 53.4 Å². The Hall–Kier alpha value is -2.34. The summed E-state index contributed by atoms with van der Waals surface area (Å²) in [6.45, 7) is 4.25. The average Bonchev–Trinajstić information content (AvgIpc) is 2.60. The zero-order valence-electron chi connectivity index (χ0n) is 14.9. The minimum Gasteiger partial charge on any atom is -0.493 e. The molecule has 0 bridgehead atoms. The normalized spacial score (nSPS) is 12.5. The van der Waals surface area contributed by atoms with Crippen LogP contribution < -0.4 is 4.74 Å². The molecule has 6 heteroatoms. The zero-order chi connectivity index (χ0) is 18.6. The van der Waals surface area contributed by atoms with Gasteiger partial charge in [0, 0.05) is 13.3 Å². The van der Waals surface area contributed by atoms with Gasteiger partial charge in [0.05, 0.1) is 23.1 Å². The van der Waals surface area contributed by atoms with Gasteiger partial charge in [0.2, 0.25) is 0 Å². The minimum atomic E-state index is -3.23. The van der Waals surface area contributed by atoms with Gasteiger partial charge >= 0.3 is 0 Å². The highest BCUT2D eigenvalue weighted by Gasteiger charge is 2.22. The van der Waals surface area contributed by atoms with E-state index in [9.17, 15) is 13.2 Å². The van der Waals surface area contributed by atoms with E-state index in [1.54, 1.807) is 54.4 Å². The molecule has 0 saturated carbocycles. The molecule has 0 heterocycles. The molecule has 134 valence electrons. The van der Waals surface area contributed by atoms with Gasteiger partial charge in [-0.3, -0.25) is 4.79 Å². The Morgan fingerprint density at radius 3 is 2.28 bits per heavy atom. The predicted molar refractivity (Wildman–Crippen MR) is 97.7 cm³/mol. The minimum absolute atomic E-state index is 0.149. The van der Waals surface area contributed by atoms with Crippen molar-refractivity contribution in [1.29, 1.82) is 0 Å². The fourth-order valence-electron chi connectivity index (χ4n) is 2.51. The van der Waals surface area contributed by atoms with Gasteiger partial charge in [-0.2, -0.15) is 0 Å². The second-order valence-electron chi connectivity index (χ2n) is 5.86. The van der Waals surface area contributed by atoms with Crippen LogP contribution in [0, 0.1) is 0 Å². The quantitative estimate of drug-likeness (QED) is 0.792. The zero-order valence-corrected chi connectivity index (χ0v) is 15.7. The summed E-state index contributed by atoms with van der Waals surface area (Å²) in [5.41, 5.74) is 1.36. The molecule has 2 aromatic rings. The second-order valence-corrected chi connectivity index (χ2v) is 7.88. The summed E-state index contributed by atoms with van der Waals surface area (Å²) in [4.78, 5) is 14.7. The lowest BCUT2D eigenvalue weighted by atomic mass is 10.1. The van der Waals surface area contributed by atoms with Crippen LogP contribution in [0.1, 0.15) is 35.8 Å². The van der Waals surface area contributed by atoms with Gasteiger partial charge in [-0.1, -0.05) is 24.3 Å². The number of hydrogen-bond acceptors (Lipinski definition) is 4. The third-order valence-electron chi connectivity index (χ3n) is 4.11. The summed E-state index contributed by atoms with van der Waals surface area (Å²) < 4.78 is 28.7. The fourth-order valence-corrected chi connectivity index (χ4v) is 3.14. The van der Waals surface area contributed by atoms with Crippen LogP contribution in [0.4, 0.5) is 0 Å². The van der Waals surface area contributed by atoms with E-state index in [4.69, 9.17) is 4.74 Å². The second kappa shape index (κ2) is 7.70. The smallest absolute Gasteiger partial charge is 0.257 e. The molecule has 5 nitrogen and oxygen atoms in total. The van der Waals surface area contributed by atoms with E-state index in [-0.39, 0.29) is 16.8 Å². The number of para-hydroxylation sites is 1. The van der Waals surface area contributed by atoms with E-state index in [1.807, 2.05) is 19.9 Å². The summed E-state index contributed by atoms with van der Waals surface area (Å²) >= 11 is 0. The van der Waals surface area contributed by atoms with E-state index in [1.165, 1.54) is 6.26 Å². The molecule has 0 spiro atoms. The molecule has 25 heavy (non-hydrogen) atoms. The molecular weight excluding hydrogens is 338 g/mol. The lowest BCUT2D eigenvalue weighted by molar-refractivity contribution is 0.0738. The van der Waals surface area contributed by atoms with Crippen LogP contribution in [-0.4, -0.2) is 39.1 Å². The van der Waals surface area contributed by atoms with Gasteiger partial charge < -0.3 is 9.64 Å². The van der Waals surface area contributed by atoms with Crippen LogP contribution in [-0.2, 0) is 9.84 Å². The Morgan fingerprint density at radius 2 is 1.72 bits per heavy atom. The van der Waals surface area contributed by atoms with Crippen LogP contribution in [0.3, 0.4) is 0 Å². The van der Waals surface area contributed by atoms with Crippen LogP contribution in [0.5, 0.6) is 5.75 Å². The van der Waals surface area contributed by atoms with E-state index < -0.39 is 9.84 Å². The fraction of sp³-hybridized carbons (Fsp3) is 0.316. The lowest BCUT2D eigenvalue weighted by Crippen LogP contribution is -2.30. The lowest BCUT2D eigenvalue weighted by Gasteiger charge is -2.26. The van der Waals surface area contributed by atoms with E-state index in [0.29, 0.717) is 17.9 Å². The molecule has 0 aromatic heterocycles. The Morgan fingerprint density at radius 1 is 1.12 bits per heavy atom. The van der Waals surface area contributed by atoms with Crippen molar-refractivity contribution < 1.29 is 17.9 Å². The number of sulfone groups is 1. The monoisotopic (exact) mass is 361 g/mol. The molecule has 0 fully saturated rings. The number of carbonyl (C=O) groups is 1. The van der Waals surface area contributed by atoms with E-state index in [2.05, 4.69) is 0 Å². The van der Waals surface area contributed by atoms with Crippen molar-refractivity contribution in [3.8, 4) is 5.75 Å². The molecule has 1 amide bonds. The molecule has 0 aliphatic carbocycles. The first-order chi connectivity index (χ1) is 11.8. The third kappa shape index (κ3) is 4.39. The number of nitrogens with zero attached hydrogens (tertiary/aromatic N) is 1. The Balaban J connectivity index is 2.25. The third-order valence-corrected chi connectivity index (χ3v) is 5.24. The molecule has 2 rings (SSSR count). The Bertz CT molecular complexity index is 844. The van der Waals surface area contributed by atoms with E-state index >= 15 is 0 Å². The number of carbonyl (C=O) groups excluding carboxylic acids is 1. The van der Waals surface area contributed by atoms with Gasteiger partial charge in [-0.25, -0.2) is 8.42 Å². The van der Waals surface area contributed by atoms with Gasteiger partial charge in [0.15, 0.2) is 9.84 Å². The summed E-state index contributed by atoms with van der Waals surface area (Å²) in [6, 6.07) is 13.5. The maximum atomic E-state index is 12.8. The largest absolute Gasteiger partial charge is 0.493 e. The van der Waals surface area contributed by atoms with Gasteiger partial charge in [0.25, 0.3) is 5.91 Å². The van der Waals surface area contributed by atoms with Gasteiger partial charge in [0.1, 0.15) is 5.75 Å². The Kier molecular flexibility index (Phi) is 5.85. The first-order valence-electron chi connectivity index (χ1n) is 8.04. The number of amides is 1. The Labute approximate surface area is 149 Å². The molecule has 0 aliphatic rings. The number of rotatable bonds is 6. The molecule has 0 unspecified atom stereocenters. The summed E-state index contributed by atoms with van der Waals surface area (Å²) in [6.07, 6.45) is 1.17. The topological polar surface area (TPSA) is 63.7 Å². The summed E-state index contributed by atoms with van der Waals surface area (Å²) in [7, 11) is -1.51. The molecule has 2 aromatic carbocycles. The standard InChI is InChI=1S/C19H23NO4S/c1-5-24-18-9-7-6-8-17(18)19(21)20(3)14(2)15-10-12-16(13-11-15)25(4,22)23/h6-14H,5H2,1-4H3/t14-/m0/s1. The first kappa shape index (κ1) is 19.0. The average molecular weight is 361 g/mol. The number of ether oxygens (including phenoxy) is 1. The van der Waals surface area contributed by atoms with Crippen LogP contribution >= 0.6 is 0 Å². The maximum Gasteiger partial charge on any atom is 0.257 e. The van der Waals surface area contributed by atoms with Gasteiger partial charge in [-0.05, 0) is 43.7 Å². The SMILES string of the molecule is CCOc1ccccc1C(=O)N(C)[C@@H](C)c1ccc(S(C)(=O)=O)cc1. The van der Waals surface area contributed by atoms with Crippen molar-refractivity contribution in [3.05, 3.63) is 59.7 Å². The molecule has 0 radical (unpaired) electrons. The maximum absolute atomic E-state index is 12.8. The first-order valence-corrected chi connectivity index (χ1v) is 9.93. The van der Waals surface area contributed by atoms with Crippen molar-refractivity contribution in [2.75, 3.05) is 19.9 Å². The highest BCUT2D eigenvalue weighted by atomic mass is 32.2. The van der Waals surface area contributed by atoms with Crippen molar-refractivity contribution in [3.63, 3.8) is 0 Å². The van der Waals surface area contributed by atoms with Crippen molar-refractivity contribution in [1.82, 2.24) is 4.90 Å². The van der Waals surface area contributed by atoms with Crippen LogP contribution in [0.2, 0.25) is 0 Å². The van der Waals surface area contributed by atoms with Crippen molar-refractivity contribution in [2.45, 2.75) is 24.8 Å². The molecule has 0 saturated heterocycles. The van der Waals surface area contributed by atoms with Crippen LogP contribution in [0.25, 0.3) is 0 Å². The molecular formula is C19H23NO4S. The highest BCUT2D eigenvalue weighted by molar-refractivity contribution is 7.90. The van der Waals surface area contributed by atoms with Crippen molar-refractivity contribution >= 4 is 15.7 Å². The summed E-state index contributed by atoms with van der Waals surface area (Å²) in [5.74, 6) is 0.408. The molecule has 0 aliphatic heterocycles. The van der Waals surface area contributed by atoms with Crippen molar-refractivity contribution in [2.24, 2.45) is 0 Å².